The molecule has 2 aliphatic rings. The molecule has 2 amide bonds. The average molecular weight is 455 g/mol. The number of nitrogens with one attached hydrogen (secondary N) is 2. The highest BCUT2D eigenvalue weighted by Crippen LogP contribution is 2.47. The van der Waals surface area contributed by atoms with Gasteiger partial charge in [0.05, 0.1) is 25.7 Å². The highest BCUT2D eigenvalue weighted by atomic mass is 16.6. The van der Waals surface area contributed by atoms with Gasteiger partial charge in [-0.3, -0.25) is 14.6 Å². The van der Waals surface area contributed by atoms with E-state index in [0.717, 1.165) is 16.9 Å². The van der Waals surface area contributed by atoms with E-state index in [1.165, 1.54) is 0 Å². The Labute approximate surface area is 193 Å². The standard InChI is InChI=1S/C24H30N4O5/c1-28(2)13-23(31)27-16-5-6-20-18(8-16)19-9-17(32-21(14-29)24(19)33-20)10-22(30)26-12-15-4-3-7-25-11-15/h3-8,11,17,19,21,24,29H,9-10,12-14H2,1-2H3,(H,26,30)(H,27,31)/t17-,19-,21+,24+/m0/s1. The molecule has 9 heteroatoms. The lowest BCUT2D eigenvalue weighted by Gasteiger charge is -2.37. The van der Waals surface area contributed by atoms with E-state index < -0.39 is 6.10 Å². The summed E-state index contributed by atoms with van der Waals surface area (Å²) in [6.07, 6.45) is 2.97. The Hall–Kier alpha value is -3.01. The van der Waals surface area contributed by atoms with Crippen molar-refractivity contribution in [1.82, 2.24) is 15.2 Å². The van der Waals surface area contributed by atoms with Crippen LogP contribution in [-0.2, 0) is 20.9 Å². The Morgan fingerprint density at radius 2 is 2.09 bits per heavy atom. The summed E-state index contributed by atoms with van der Waals surface area (Å²) in [5.74, 6) is 0.466. The highest BCUT2D eigenvalue weighted by Gasteiger charge is 2.46. The highest BCUT2D eigenvalue weighted by molar-refractivity contribution is 5.92. The molecule has 0 saturated carbocycles. The van der Waals surface area contributed by atoms with Gasteiger partial charge in [-0.25, -0.2) is 0 Å². The van der Waals surface area contributed by atoms with E-state index in [1.54, 1.807) is 17.3 Å². The van der Waals surface area contributed by atoms with E-state index in [2.05, 4.69) is 15.6 Å². The van der Waals surface area contributed by atoms with E-state index in [1.807, 2.05) is 44.4 Å². The summed E-state index contributed by atoms with van der Waals surface area (Å²) in [6.45, 7) is 0.489. The van der Waals surface area contributed by atoms with Crippen LogP contribution >= 0.6 is 0 Å². The van der Waals surface area contributed by atoms with Crippen LogP contribution in [0, 0.1) is 0 Å². The first-order valence-electron chi connectivity index (χ1n) is 11.1. The zero-order chi connectivity index (χ0) is 23.4. The fourth-order valence-electron chi connectivity index (χ4n) is 4.44. The molecule has 2 aromatic rings. The van der Waals surface area contributed by atoms with Crippen molar-refractivity contribution in [2.45, 2.75) is 43.6 Å². The van der Waals surface area contributed by atoms with Gasteiger partial charge in [0.25, 0.3) is 0 Å². The topological polar surface area (TPSA) is 113 Å². The second kappa shape index (κ2) is 10.3. The van der Waals surface area contributed by atoms with Crippen LogP contribution in [0.5, 0.6) is 5.75 Å². The predicted molar refractivity (Wildman–Crippen MR) is 122 cm³/mol. The maximum absolute atomic E-state index is 12.5. The number of anilines is 1. The van der Waals surface area contributed by atoms with Crippen molar-refractivity contribution in [3.63, 3.8) is 0 Å². The Kier molecular flexibility index (Phi) is 7.22. The van der Waals surface area contributed by atoms with Gasteiger partial charge in [0.2, 0.25) is 11.8 Å². The van der Waals surface area contributed by atoms with Gasteiger partial charge in [-0.05, 0) is 50.3 Å². The summed E-state index contributed by atoms with van der Waals surface area (Å²) in [6, 6.07) is 9.29. The summed E-state index contributed by atoms with van der Waals surface area (Å²) in [4.78, 5) is 30.5. The molecule has 0 unspecified atom stereocenters. The van der Waals surface area contributed by atoms with Crippen molar-refractivity contribution in [1.29, 1.82) is 0 Å². The van der Waals surface area contributed by atoms with Crippen molar-refractivity contribution < 1.29 is 24.2 Å². The van der Waals surface area contributed by atoms with E-state index in [-0.39, 0.29) is 49.5 Å². The van der Waals surface area contributed by atoms with Crippen LogP contribution in [0.4, 0.5) is 5.69 Å². The average Bonchev–Trinajstić information content (AvgIpc) is 3.15. The van der Waals surface area contributed by atoms with Gasteiger partial charge < -0.3 is 30.1 Å². The number of carbonyl (C=O) groups is 2. The first-order valence-corrected chi connectivity index (χ1v) is 11.1. The first kappa shape index (κ1) is 23.2. The summed E-state index contributed by atoms with van der Waals surface area (Å²) in [5.41, 5.74) is 2.58. The molecule has 0 spiro atoms. The monoisotopic (exact) mass is 454 g/mol. The minimum Gasteiger partial charge on any atom is -0.487 e. The van der Waals surface area contributed by atoms with E-state index in [4.69, 9.17) is 9.47 Å². The number of benzene rings is 1. The number of ether oxygens (including phenoxy) is 2. The Bertz CT molecular complexity index is 984. The molecule has 4 atom stereocenters. The molecule has 1 aromatic carbocycles. The van der Waals surface area contributed by atoms with Crippen molar-refractivity contribution >= 4 is 17.5 Å². The second-order valence-corrected chi connectivity index (χ2v) is 8.78. The quantitative estimate of drug-likeness (QED) is 0.551. The van der Waals surface area contributed by atoms with Crippen LogP contribution in [-0.4, -0.2) is 72.4 Å². The third-order valence-corrected chi connectivity index (χ3v) is 5.87. The van der Waals surface area contributed by atoms with Crippen molar-refractivity contribution in [3.8, 4) is 5.75 Å². The number of likely N-dealkylation sites (N-methyl/N-ethyl adjacent to an activating group) is 1. The number of carbonyl (C=O) groups excluding carboxylic acids is 2. The maximum Gasteiger partial charge on any atom is 0.238 e. The number of rotatable bonds is 8. The first-order chi connectivity index (χ1) is 15.9. The SMILES string of the molecule is CN(C)CC(=O)Nc1ccc2c(c1)[C@@H]1C[C@@H](CC(=O)NCc3cccnc3)O[C@H](CO)[C@@H]1O2. The lowest BCUT2D eigenvalue weighted by atomic mass is 9.84. The Morgan fingerprint density at radius 1 is 1.24 bits per heavy atom. The van der Waals surface area contributed by atoms with Crippen molar-refractivity contribution in [2.24, 2.45) is 0 Å². The normalized spacial score (nSPS) is 23.4. The molecule has 33 heavy (non-hydrogen) atoms. The summed E-state index contributed by atoms with van der Waals surface area (Å²) in [5, 5.41) is 15.7. The number of hydrogen-bond acceptors (Lipinski definition) is 7. The molecule has 1 fully saturated rings. The van der Waals surface area contributed by atoms with Crippen molar-refractivity contribution in [2.75, 3.05) is 32.6 Å². The second-order valence-electron chi connectivity index (χ2n) is 8.78. The fraction of sp³-hybridized carbons (Fsp3) is 0.458. The molecule has 4 rings (SSSR count). The molecule has 0 bridgehead atoms. The minimum atomic E-state index is -0.529. The molecule has 3 heterocycles. The van der Waals surface area contributed by atoms with Gasteiger partial charge >= 0.3 is 0 Å². The van der Waals surface area contributed by atoms with Crippen LogP contribution < -0.4 is 15.4 Å². The Morgan fingerprint density at radius 3 is 2.82 bits per heavy atom. The number of aliphatic hydroxyl groups excluding tert-OH is 1. The molecular weight excluding hydrogens is 424 g/mol. The van der Waals surface area contributed by atoms with Crippen LogP contribution in [0.25, 0.3) is 0 Å². The number of hydrogen-bond donors (Lipinski definition) is 3. The Balaban J connectivity index is 1.42. The van der Waals surface area contributed by atoms with Crippen molar-refractivity contribution in [3.05, 3.63) is 53.9 Å². The predicted octanol–water partition coefficient (Wildman–Crippen LogP) is 1.28. The zero-order valence-electron chi connectivity index (χ0n) is 18.9. The van der Waals surface area contributed by atoms with Crippen LogP contribution in [0.2, 0.25) is 0 Å². The van der Waals surface area contributed by atoms with E-state index >= 15 is 0 Å². The van der Waals surface area contributed by atoms with Gasteiger partial charge in [-0.1, -0.05) is 6.07 Å². The van der Waals surface area contributed by atoms with Crippen LogP contribution in [0.3, 0.4) is 0 Å². The third kappa shape index (κ3) is 5.68. The zero-order valence-corrected chi connectivity index (χ0v) is 18.9. The number of fused-ring (bicyclic) bond motifs is 3. The van der Waals surface area contributed by atoms with Gasteiger partial charge in [-0.2, -0.15) is 0 Å². The lowest BCUT2D eigenvalue weighted by molar-refractivity contribution is -0.142. The third-order valence-electron chi connectivity index (χ3n) is 5.87. The molecule has 176 valence electrons. The smallest absolute Gasteiger partial charge is 0.238 e. The molecular formula is C24H30N4O5. The minimum absolute atomic E-state index is 0.0345. The van der Waals surface area contributed by atoms with E-state index in [9.17, 15) is 14.7 Å². The number of amides is 2. The molecule has 0 aliphatic carbocycles. The lowest BCUT2D eigenvalue weighted by Crippen LogP contribution is -2.47. The number of aliphatic hydroxyl groups is 1. The molecule has 0 radical (unpaired) electrons. The molecule has 2 aliphatic heterocycles. The molecule has 1 saturated heterocycles. The van der Waals surface area contributed by atoms with E-state index in [0.29, 0.717) is 18.7 Å². The van der Waals surface area contributed by atoms with Gasteiger partial charge in [0, 0.05) is 36.1 Å². The molecule has 1 aromatic heterocycles. The van der Waals surface area contributed by atoms with Gasteiger partial charge in [0.15, 0.2) is 0 Å². The number of pyridine rings is 1. The van der Waals surface area contributed by atoms with Crippen LogP contribution in [0.1, 0.15) is 29.9 Å². The molecule has 3 N–H and O–H groups in total. The summed E-state index contributed by atoms with van der Waals surface area (Å²) >= 11 is 0. The fourth-order valence-corrected chi connectivity index (χ4v) is 4.44. The van der Waals surface area contributed by atoms with Crippen LogP contribution in [0.15, 0.2) is 42.7 Å². The summed E-state index contributed by atoms with van der Waals surface area (Å²) < 4.78 is 12.1. The van der Waals surface area contributed by atoms with Gasteiger partial charge in [-0.15, -0.1) is 0 Å². The van der Waals surface area contributed by atoms with Gasteiger partial charge in [0.1, 0.15) is 18.0 Å². The summed E-state index contributed by atoms with van der Waals surface area (Å²) in [7, 11) is 3.68. The number of nitrogens with zero attached hydrogens (tertiary/aromatic N) is 2. The molecule has 9 nitrogen and oxygen atoms in total. The largest absolute Gasteiger partial charge is 0.487 e. The maximum atomic E-state index is 12.5. The number of aromatic nitrogens is 1.